The minimum atomic E-state index is -3.58. The Kier molecular flexibility index (Phi) is 7.70. The van der Waals surface area contributed by atoms with E-state index in [0.29, 0.717) is 17.2 Å². The Balaban J connectivity index is 2.40. The lowest BCUT2D eigenvalue weighted by molar-refractivity contribution is 0.578. The van der Waals surface area contributed by atoms with Crippen molar-refractivity contribution < 1.29 is 8.42 Å². The van der Waals surface area contributed by atoms with E-state index in [1.54, 1.807) is 12.1 Å². The summed E-state index contributed by atoms with van der Waals surface area (Å²) in [7, 11) is -3.58. The van der Waals surface area contributed by atoms with E-state index in [4.69, 9.17) is 0 Å². The van der Waals surface area contributed by atoms with Crippen molar-refractivity contribution in [2.45, 2.75) is 53.4 Å². The first-order valence-corrected chi connectivity index (χ1v) is 12.1. The number of aromatic nitrogens is 2. The Morgan fingerprint density at radius 2 is 1.79 bits per heavy atom. The normalized spacial score (nSPS) is 12.5. The highest BCUT2D eigenvalue weighted by atomic mass is 32.2. The van der Waals surface area contributed by atoms with Gasteiger partial charge >= 0.3 is 0 Å². The largest absolute Gasteiger partial charge is 0.575 e. The van der Waals surface area contributed by atoms with Gasteiger partial charge in [-0.3, -0.25) is 0 Å². The summed E-state index contributed by atoms with van der Waals surface area (Å²) in [5, 5.41) is 17.9. The molecule has 0 aliphatic rings. The smallest absolute Gasteiger partial charge is 0.251 e. The molecule has 160 valence electrons. The topological polar surface area (TPSA) is 102 Å². The molecule has 10 heteroatoms. The highest BCUT2D eigenvalue weighted by Gasteiger charge is 2.19. The third-order valence-corrected chi connectivity index (χ3v) is 6.72. The van der Waals surface area contributed by atoms with Crippen LogP contribution in [0.25, 0.3) is 4.72 Å². The number of azo groups is 1. The minimum absolute atomic E-state index is 0.00950. The Bertz CT molecular complexity index is 944. The van der Waals surface area contributed by atoms with Crippen LogP contribution in [0.3, 0.4) is 0 Å². The Morgan fingerprint density at radius 1 is 1.10 bits per heavy atom. The highest BCUT2D eigenvalue weighted by Crippen LogP contribution is 2.39. The lowest BCUT2D eigenvalue weighted by atomic mass is 9.98. The van der Waals surface area contributed by atoms with Crippen LogP contribution < -0.4 is 4.90 Å². The summed E-state index contributed by atoms with van der Waals surface area (Å²) in [5.41, 5.74) is 1.44. The van der Waals surface area contributed by atoms with Crippen LogP contribution in [0.5, 0.6) is 0 Å². The summed E-state index contributed by atoms with van der Waals surface area (Å²) in [6.07, 6.45) is 0.499. The van der Waals surface area contributed by atoms with Gasteiger partial charge in [0.25, 0.3) is 5.13 Å². The van der Waals surface area contributed by atoms with Crippen molar-refractivity contribution in [2.75, 3.05) is 23.7 Å². The number of hydrogen-bond acceptors (Lipinski definition) is 8. The fraction of sp³-hybridized carbons (Fsp3) is 0.579. The van der Waals surface area contributed by atoms with Crippen LogP contribution in [-0.2, 0) is 15.4 Å². The Labute approximate surface area is 177 Å². The summed E-state index contributed by atoms with van der Waals surface area (Å²) in [6, 6.07) is 5.38. The number of nitrogens with zero attached hydrogens (tertiary/aromatic N) is 6. The first kappa shape index (κ1) is 23.2. The van der Waals surface area contributed by atoms with Gasteiger partial charge in [-0.1, -0.05) is 50.8 Å². The molecule has 8 nitrogen and oxygen atoms in total. The SMILES string of the molecule is CCCS(=O)(=O)[N-]c1cc(N(CC)CC)ccc1N=Nc1nnc(C(C)(C)C)s1. The molecule has 0 atom stereocenters. The number of rotatable bonds is 9. The first-order valence-electron chi connectivity index (χ1n) is 9.70. The second kappa shape index (κ2) is 9.62. The maximum Gasteiger partial charge on any atom is 0.251 e. The average molecular weight is 438 g/mol. The molecule has 0 saturated heterocycles. The van der Waals surface area contributed by atoms with E-state index < -0.39 is 10.0 Å². The van der Waals surface area contributed by atoms with Crippen LogP contribution in [-0.4, -0.2) is 37.5 Å². The molecule has 2 aromatic rings. The van der Waals surface area contributed by atoms with Crippen LogP contribution in [0.4, 0.5) is 22.2 Å². The van der Waals surface area contributed by atoms with E-state index in [2.05, 4.69) is 50.8 Å². The van der Waals surface area contributed by atoms with Gasteiger partial charge in [-0.25, -0.2) is 8.42 Å². The zero-order valence-electron chi connectivity index (χ0n) is 17.9. The monoisotopic (exact) mass is 437 g/mol. The Hall–Kier alpha value is -2.07. The van der Waals surface area contributed by atoms with Crippen molar-refractivity contribution in [3.05, 3.63) is 27.9 Å². The number of anilines is 1. The molecule has 0 N–H and O–H groups in total. The van der Waals surface area contributed by atoms with E-state index in [1.165, 1.54) is 11.3 Å². The van der Waals surface area contributed by atoms with Gasteiger partial charge in [0, 0.05) is 29.9 Å². The molecule has 0 aliphatic carbocycles. The van der Waals surface area contributed by atoms with E-state index in [-0.39, 0.29) is 16.9 Å². The summed E-state index contributed by atoms with van der Waals surface area (Å²) >= 11 is 1.36. The average Bonchev–Trinajstić information content (AvgIpc) is 3.11. The van der Waals surface area contributed by atoms with Crippen molar-refractivity contribution in [3.63, 3.8) is 0 Å². The predicted molar refractivity (Wildman–Crippen MR) is 120 cm³/mol. The summed E-state index contributed by atoms with van der Waals surface area (Å²) in [4.78, 5) is 2.12. The zero-order chi connectivity index (χ0) is 21.7. The first-order chi connectivity index (χ1) is 13.6. The summed E-state index contributed by atoms with van der Waals surface area (Å²) in [5.74, 6) is -0.00950. The van der Waals surface area contributed by atoms with Gasteiger partial charge in [-0.05, 0) is 32.4 Å². The summed E-state index contributed by atoms with van der Waals surface area (Å²) in [6.45, 7) is 13.7. The maximum atomic E-state index is 12.3. The Morgan fingerprint density at radius 3 is 2.34 bits per heavy atom. The van der Waals surface area contributed by atoms with Crippen LogP contribution in [0.1, 0.15) is 53.0 Å². The van der Waals surface area contributed by atoms with Gasteiger partial charge in [-0.2, -0.15) is 0 Å². The van der Waals surface area contributed by atoms with Crippen LogP contribution in [0, 0.1) is 0 Å². The number of sulfonamides is 1. The number of benzene rings is 1. The van der Waals surface area contributed by atoms with Crippen molar-refractivity contribution >= 4 is 43.6 Å². The third-order valence-electron chi connectivity index (χ3n) is 4.09. The minimum Gasteiger partial charge on any atom is -0.575 e. The van der Waals surface area contributed by atoms with Gasteiger partial charge in [-0.15, -0.1) is 20.4 Å². The molecule has 29 heavy (non-hydrogen) atoms. The molecule has 0 unspecified atom stereocenters. The van der Waals surface area contributed by atoms with Crippen molar-refractivity contribution in [1.29, 1.82) is 0 Å². The van der Waals surface area contributed by atoms with Crippen molar-refractivity contribution in [2.24, 2.45) is 10.2 Å². The van der Waals surface area contributed by atoms with Gasteiger partial charge in [0.1, 0.15) is 5.01 Å². The second-order valence-electron chi connectivity index (χ2n) is 7.56. The molecule has 0 saturated carbocycles. The van der Waals surface area contributed by atoms with Gasteiger partial charge < -0.3 is 9.62 Å². The maximum absolute atomic E-state index is 12.3. The molecule has 1 aromatic carbocycles. The predicted octanol–water partition coefficient (Wildman–Crippen LogP) is 5.84. The summed E-state index contributed by atoms with van der Waals surface area (Å²) < 4.78 is 28.6. The molecule has 0 spiro atoms. The molecule has 1 aromatic heterocycles. The second-order valence-corrected chi connectivity index (χ2v) is 10.3. The van der Waals surface area contributed by atoms with Gasteiger partial charge in [0.05, 0.1) is 15.7 Å². The third kappa shape index (κ3) is 6.46. The highest BCUT2D eigenvalue weighted by molar-refractivity contribution is 7.94. The van der Waals surface area contributed by atoms with Crippen molar-refractivity contribution in [1.82, 2.24) is 10.2 Å². The van der Waals surface area contributed by atoms with Gasteiger partial charge in [0.15, 0.2) is 0 Å². The quantitative estimate of drug-likeness (QED) is 0.458. The number of hydrogen-bond donors (Lipinski definition) is 0. The molecule has 0 fully saturated rings. The lowest BCUT2D eigenvalue weighted by Crippen LogP contribution is -2.21. The van der Waals surface area contributed by atoms with Crippen LogP contribution >= 0.6 is 11.3 Å². The molecule has 2 rings (SSSR count). The van der Waals surface area contributed by atoms with E-state index in [1.807, 2.05) is 26.8 Å². The fourth-order valence-corrected chi connectivity index (χ4v) is 4.34. The van der Waals surface area contributed by atoms with Gasteiger partial charge in [0.2, 0.25) is 0 Å². The molecule has 0 amide bonds. The zero-order valence-corrected chi connectivity index (χ0v) is 19.5. The molecular formula is C19H29N6O2S2-. The standard InChI is InChI=1S/C19H29N6O2S2/c1-7-12-29(26,27)24-16-13-14(25(8-2)9-3)10-11-15(16)20-22-18-23-21-17(28-18)19(4,5)6/h10-11,13H,7-9,12H2,1-6H3/q-1. The van der Waals surface area contributed by atoms with E-state index in [9.17, 15) is 8.42 Å². The van der Waals surface area contributed by atoms with Crippen LogP contribution in [0.2, 0.25) is 0 Å². The van der Waals surface area contributed by atoms with Crippen LogP contribution in [0.15, 0.2) is 28.4 Å². The molecule has 1 heterocycles. The molecule has 0 aliphatic heterocycles. The van der Waals surface area contributed by atoms with Crippen molar-refractivity contribution in [3.8, 4) is 0 Å². The molecule has 0 bridgehead atoms. The molecule has 0 radical (unpaired) electrons. The van der Waals surface area contributed by atoms with E-state index >= 15 is 0 Å². The lowest BCUT2D eigenvalue weighted by Gasteiger charge is -2.27. The fourth-order valence-electron chi connectivity index (χ4n) is 2.56. The molecular weight excluding hydrogens is 408 g/mol. The van der Waals surface area contributed by atoms with E-state index in [0.717, 1.165) is 23.8 Å².